The van der Waals surface area contributed by atoms with E-state index in [1.807, 2.05) is 17.3 Å². The smallest absolute Gasteiger partial charge is 0.236 e. The topological polar surface area (TPSA) is 49.6 Å². The van der Waals surface area contributed by atoms with Gasteiger partial charge in [0.2, 0.25) is 5.91 Å². The molecule has 4 nitrogen and oxygen atoms in total. The second-order valence-electron chi connectivity index (χ2n) is 4.81. The van der Waals surface area contributed by atoms with Gasteiger partial charge in [0, 0.05) is 25.7 Å². The average molecular weight is 267 g/mol. The van der Waals surface area contributed by atoms with Crippen molar-refractivity contribution in [3.8, 4) is 0 Å². The quantitative estimate of drug-likeness (QED) is 0.875. The van der Waals surface area contributed by atoms with E-state index in [1.54, 1.807) is 11.3 Å². The molecular formula is C13H21N3OS. The van der Waals surface area contributed by atoms with Gasteiger partial charge in [-0.2, -0.15) is 11.3 Å². The van der Waals surface area contributed by atoms with E-state index in [0.29, 0.717) is 13.1 Å². The highest BCUT2D eigenvalue weighted by Gasteiger charge is 2.23. The molecule has 1 aromatic rings. The Morgan fingerprint density at radius 3 is 2.83 bits per heavy atom. The molecule has 5 heteroatoms. The summed E-state index contributed by atoms with van der Waals surface area (Å²) in [7, 11) is 1.98. The second kappa shape index (κ2) is 6.31. The number of hydrogen-bond acceptors (Lipinski definition) is 4. The van der Waals surface area contributed by atoms with Crippen LogP contribution in [0.5, 0.6) is 0 Å². The summed E-state index contributed by atoms with van der Waals surface area (Å²) in [4.78, 5) is 16.1. The Balaban J connectivity index is 1.93. The molecule has 1 unspecified atom stereocenters. The standard InChI is InChI=1S/C13H21N3OS/c1-15(9-13(17)16-5-2-3-6-16)12(8-14)11-4-7-18-10-11/h4,7,10,12H,2-3,5-6,8-9,14H2,1H3. The molecule has 0 bridgehead atoms. The number of carbonyl (C=O) groups is 1. The molecule has 0 spiro atoms. The molecule has 2 rings (SSSR count). The lowest BCUT2D eigenvalue weighted by molar-refractivity contribution is -0.131. The molecular weight excluding hydrogens is 246 g/mol. The number of nitrogens with two attached hydrogens (primary N) is 1. The van der Waals surface area contributed by atoms with Gasteiger partial charge in [0.15, 0.2) is 0 Å². The fourth-order valence-corrected chi connectivity index (χ4v) is 3.13. The minimum atomic E-state index is 0.141. The zero-order chi connectivity index (χ0) is 13.0. The molecule has 1 saturated heterocycles. The van der Waals surface area contributed by atoms with Crippen molar-refractivity contribution in [3.63, 3.8) is 0 Å². The Hall–Kier alpha value is -0.910. The van der Waals surface area contributed by atoms with Crippen molar-refractivity contribution < 1.29 is 4.79 Å². The van der Waals surface area contributed by atoms with Gasteiger partial charge in [-0.1, -0.05) is 0 Å². The molecule has 0 radical (unpaired) electrons. The van der Waals surface area contributed by atoms with E-state index in [2.05, 4.69) is 16.3 Å². The van der Waals surface area contributed by atoms with Crippen molar-refractivity contribution in [2.45, 2.75) is 18.9 Å². The van der Waals surface area contributed by atoms with Crippen LogP contribution in [-0.2, 0) is 4.79 Å². The van der Waals surface area contributed by atoms with Crippen LogP contribution in [0.25, 0.3) is 0 Å². The van der Waals surface area contributed by atoms with E-state index < -0.39 is 0 Å². The molecule has 1 fully saturated rings. The Kier molecular flexibility index (Phi) is 4.74. The number of rotatable bonds is 5. The molecule has 1 aliphatic heterocycles. The summed E-state index contributed by atoms with van der Waals surface area (Å²) in [5.41, 5.74) is 7.04. The summed E-state index contributed by atoms with van der Waals surface area (Å²) in [5, 5.41) is 4.16. The summed E-state index contributed by atoms with van der Waals surface area (Å²) < 4.78 is 0. The summed E-state index contributed by atoms with van der Waals surface area (Å²) >= 11 is 1.67. The first-order chi connectivity index (χ1) is 8.72. The second-order valence-corrected chi connectivity index (χ2v) is 5.59. The number of likely N-dealkylation sites (N-methyl/N-ethyl adjacent to an activating group) is 1. The van der Waals surface area contributed by atoms with Gasteiger partial charge >= 0.3 is 0 Å². The molecule has 2 N–H and O–H groups in total. The number of amides is 1. The van der Waals surface area contributed by atoms with Crippen LogP contribution in [0.15, 0.2) is 16.8 Å². The number of hydrogen-bond donors (Lipinski definition) is 1. The summed E-state index contributed by atoms with van der Waals surface area (Å²) in [6, 6.07) is 2.22. The molecule has 0 aromatic carbocycles. The van der Waals surface area contributed by atoms with Gasteiger partial charge in [-0.25, -0.2) is 0 Å². The largest absolute Gasteiger partial charge is 0.342 e. The van der Waals surface area contributed by atoms with Crippen molar-refractivity contribution >= 4 is 17.2 Å². The van der Waals surface area contributed by atoms with Crippen LogP contribution < -0.4 is 5.73 Å². The zero-order valence-corrected chi connectivity index (χ0v) is 11.7. The maximum absolute atomic E-state index is 12.1. The van der Waals surface area contributed by atoms with Gasteiger partial charge in [-0.15, -0.1) is 0 Å². The lowest BCUT2D eigenvalue weighted by Gasteiger charge is -2.27. The van der Waals surface area contributed by atoms with Crippen molar-refractivity contribution in [1.82, 2.24) is 9.80 Å². The van der Waals surface area contributed by atoms with E-state index in [9.17, 15) is 4.79 Å². The van der Waals surface area contributed by atoms with Crippen LogP contribution in [0.4, 0.5) is 0 Å². The Morgan fingerprint density at radius 2 is 2.28 bits per heavy atom. The summed E-state index contributed by atoms with van der Waals surface area (Å²) in [6.45, 7) is 2.83. The molecule has 0 aliphatic carbocycles. The zero-order valence-electron chi connectivity index (χ0n) is 10.8. The SMILES string of the molecule is CN(CC(=O)N1CCCC1)C(CN)c1ccsc1. The van der Waals surface area contributed by atoms with E-state index in [4.69, 9.17) is 5.73 Å². The monoisotopic (exact) mass is 267 g/mol. The minimum Gasteiger partial charge on any atom is -0.342 e. The summed E-state index contributed by atoms with van der Waals surface area (Å²) in [5.74, 6) is 0.226. The van der Waals surface area contributed by atoms with Crippen LogP contribution in [-0.4, -0.2) is 48.9 Å². The number of nitrogens with zero attached hydrogens (tertiary/aromatic N) is 2. The van der Waals surface area contributed by atoms with Crippen molar-refractivity contribution in [2.24, 2.45) is 5.73 Å². The lowest BCUT2D eigenvalue weighted by Crippen LogP contribution is -2.40. The maximum atomic E-state index is 12.1. The van der Waals surface area contributed by atoms with Crippen LogP contribution in [0.1, 0.15) is 24.4 Å². The van der Waals surface area contributed by atoms with E-state index in [0.717, 1.165) is 25.9 Å². The van der Waals surface area contributed by atoms with Gasteiger partial charge in [0.05, 0.1) is 6.54 Å². The fourth-order valence-electron chi connectivity index (χ4n) is 2.43. The maximum Gasteiger partial charge on any atom is 0.236 e. The van der Waals surface area contributed by atoms with Gasteiger partial charge in [-0.3, -0.25) is 9.69 Å². The molecule has 1 aliphatic rings. The van der Waals surface area contributed by atoms with Gasteiger partial charge in [-0.05, 0) is 42.3 Å². The van der Waals surface area contributed by atoms with E-state index in [-0.39, 0.29) is 11.9 Å². The average Bonchev–Trinajstić information content (AvgIpc) is 3.03. The van der Waals surface area contributed by atoms with Crippen LogP contribution >= 0.6 is 11.3 Å². The van der Waals surface area contributed by atoms with E-state index in [1.165, 1.54) is 5.56 Å². The molecule has 18 heavy (non-hydrogen) atoms. The Bertz CT molecular complexity index is 374. The Labute approximate surface area is 112 Å². The highest BCUT2D eigenvalue weighted by atomic mass is 32.1. The predicted molar refractivity (Wildman–Crippen MR) is 74.6 cm³/mol. The van der Waals surface area contributed by atoms with E-state index >= 15 is 0 Å². The fraction of sp³-hybridized carbons (Fsp3) is 0.615. The Morgan fingerprint density at radius 1 is 1.56 bits per heavy atom. The third-order valence-electron chi connectivity index (χ3n) is 3.53. The third kappa shape index (κ3) is 3.10. The molecule has 2 heterocycles. The number of carbonyl (C=O) groups excluding carboxylic acids is 1. The number of likely N-dealkylation sites (tertiary alicyclic amines) is 1. The molecule has 0 saturated carbocycles. The first-order valence-corrected chi connectivity index (χ1v) is 7.37. The van der Waals surface area contributed by atoms with Crippen molar-refractivity contribution in [2.75, 3.05) is 33.2 Å². The summed E-state index contributed by atoms with van der Waals surface area (Å²) in [6.07, 6.45) is 2.28. The molecule has 100 valence electrons. The third-order valence-corrected chi connectivity index (χ3v) is 4.23. The van der Waals surface area contributed by atoms with Crippen LogP contribution in [0, 0.1) is 0 Å². The molecule has 1 atom stereocenters. The highest BCUT2D eigenvalue weighted by Crippen LogP contribution is 2.21. The normalized spacial score (nSPS) is 17.4. The molecule has 1 aromatic heterocycles. The first-order valence-electron chi connectivity index (χ1n) is 6.42. The van der Waals surface area contributed by atoms with Crippen LogP contribution in [0.3, 0.4) is 0 Å². The number of thiophene rings is 1. The van der Waals surface area contributed by atoms with Crippen LogP contribution in [0.2, 0.25) is 0 Å². The van der Waals surface area contributed by atoms with Crippen molar-refractivity contribution in [3.05, 3.63) is 22.4 Å². The molecule has 1 amide bonds. The van der Waals surface area contributed by atoms with Gasteiger partial charge < -0.3 is 10.6 Å². The van der Waals surface area contributed by atoms with Gasteiger partial charge in [0.25, 0.3) is 0 Å². The highest BCUT2D eigenvalue weighted by molar-refractivity contribution is 7.07. The minimum absolute atomic E-state index is 0.141. The first kappa shape index (κ1) is 13.5. The van der Waals surface area contributed by atoms with Gasteiger partial charge in [0.1, 0.15) is 0 Å². The van der Waals surface area contributed by atoms with Crippen molar-refractivity contribution in [1.29, 1.82) is 0 Å². The predicted octanol–water partition coefficient (Wildman–Crippen LogP) is 1.30. The lowest BCUT2D eigenvalue weighted by atomic mass is 10.1.